The molecule has 0 aliphatic carbocycles. The highest BCUT2D eigenvalue weighted by atomic mass is 35.5. The highest BCUT2D eigenvalue weighted by Gasteiger charge is 2.35. The lowest BCUT2D eigenvalue weighted by Crippen LogP contribution is -2.21. The molecular weight excluding hydrogens is 252 g/mol. The van der Waals surface area contributed by atoms with E-state index < -0.39 is 6.23 Å². The van der Waals surface area contributed by atoms with Crippen LogP contribution in [0.1, 0.15) is 17.6 Å². The first-order valence-electron chi connectivity index (χ1n) is 5.27. The van der Waals surface area contributed by atoms with Crippen molar-refractivity contribution in [3.05, 3.63) is 53.7 Å². The van der Waals surface area contributed by atoms with Gasteiger partial charge < -0.3 is 5.11 Å². The summed E-state index contributed by atoms with van der Waals surface area (Å²) in [6, 6.07) is 3.41. The van der Waals surface area contributed by atoms with Gasteiger partial charge in [-0.2, -0.15) is 0 Å². The summed E-state index contributed by atoms with van der Waals surface area (Å²) in [5.74, 6) is 0.553. The highest BCUT2D eigenvalue weighted by molar-refractivity contribution is 6.30. The number of halogens is 1. The third-order valence-electron chi connectivity index (χ3n) is 2.74. The van der Waals surface area contributed by atoms with Crippen molar-refractivity contribution in [1.82, 2.24) is 15.0 Å². The van der Waals surface area contributed by atoms with Crippen LogP contribution in [0.3, 0.4) is 0 Å². The molecule has 0 fully saturated rings. The van der Waals surface area contributed by atoms with Gasteiger partial charge in [0, 0.05) is 18.6 Å². The minimum atomic E-state index is -0.921. The van der Waals surface area contributed by atoms with E-state index in [0.717, 1.165) is 0 Å². The van der Waals surface area contributed by atoms with Gasteiger partial charge in [0.15, 0.2) is 6.23 Å². The quantitative estimate of drug-likeness (QED) is 0.850. The molecule has 0 saturated heterocycles. The van der Waals surface area contributed by atoms with Crippen LogP contribution in [0, 0.1) is 0 Å². The summed E-state index contributed by atoms with van der Waals surface area (Å²) < 4.78 is 0. The Morgan fingerprint density at radius 2 is 2.00 bits per heavy atom. The molecule has 6 heteroatoms. The second kappa shape index (κ2) is 4.04. The third-order valence-corrected chi connectivity index (χ3v) is 2.96. The zero-order valence-electron chi connectivity index (χ0n) is 9.29. The molecule has 1 N–H and O–H groups in total. The molecule has 0 aromatic carbocycles. The van der Waals surface area contributed by atoms with E-state index in [1.54, 1.807) is 23.2 Å². The summed E-state index contributed by atoms with van der Waals surface area (Å²) in [6.45, 7) is 3.92. The number of aliphatic hydroxyl groups excluding tert-OH is 1. The van der Waals surface area contributed by atoms with Gasteiger partial charge in [0.05, 0.1) is 10.7 Å². The van der Waals surface area contributed by atoms with Crippen molar-refractivity contribution in [2.24, 2.45) is 0 Å². The number of anilines is 1. The third kappa shape index (κ3) is 1.56. The van der Waals surface area contributed by atoms with Crippen molar-refractivity contribution in [3.8, 4) is 0 Å². The molecule has 1 aliphatic rings. The zero-order valence-corrected chi connectivity index (χ0v) is 10.0. The lowest BCUT2D eigenvalue weighted by molar-refractivity contribution is 0.186. The highest BCUT2D eigenvalue weighted by Crippen LogP contribution is 2.39. The van der Waals surface area contributed by atoms with E-state index in [4.69, 9.17) is 11.6 Å². The number of hydrogen-bond acceptors (Lipinski definition) is 5. The Bertz CT molecular complexity index is 614. The Hall–Kier alpha value is -1.98. The number of fused-ring (bicyclic) bond motifs is 1. The molecule has 5 nitrogen and oxygen atoms in total. The SMILES string of the molecule is C=C1c2nccnc2C(O)N1c1ccc(Cl)cn1. The topological polar surface area (TPSA) is 62.1 Å². The summed E-state index contributed by atoms with van der Waals surface area (Å²) in [5, 5.41) is 10.8. The van der Waals surface area contributed by atoms with Gasteiger partial charge in [-0.25, -0.2) is 4.98 Å². The second-order valence-corrected chi connectivity index (χ2v) is 4.25. The van der Waals surface area contributed by atoms with Crippen molar-refractivity contribution in [3.63, 3.8) is 0 Å². The van der Waals surface area contributed by atoms with E-state index in [0.29, 0.717) is 27.9 Å². The standard InChI is InChI=1S/C12H9ClN4O/c1-7-10-11(15-5-4-14-10)12(18)17(7)9-3-2-8(13)6-16-9/h2-6,12,18H,1H2. The van der Waals surface area contributed by atoms with Crippen LogP contribution in [0.4, 0.5) is 5.82 Å². The molecule has 0 saturated carbocycles. The maximum Gasteiger partial charge on any atom is 0.178 e. The van der Waals surface area contributed by atoms with E-state index in [2.05, 4.69) is 21.5 Å². The largest absolute Gasteiger partial charge is 0.368 e. The van der Waals surface area contributed by atoms with Crippen LogP contribution in [-0.4, -0.2) is 20.1 Å². The predicted molar refractivity (Wildman–Crippen MR) is 67.8 cm³/mol. The summed E-state index contributed by atoms with van der Waals surface area (Å²) in [5.41, 5.74) is 1.64. The fourth-order valence-corrected chi connectivity index (χ4v) is 2.03. The number of aliphatic hydroxyl groups is 1. The number of rotatable bonds is 1. The van der Waals surface area contributed by atoms with Crippen LogP contribution >= 0.6 is 11.6 Å². The second-order valence-electron chi connectivity index (χ2n) is 3.82. The van der Waals surface area contributed by atoms with Gasteiger partial charge in [0.25, 0.3) is 0 Å². The molecule has 0 amide bonds. The normalized spacial score (nSPS) is 18.0. The minimum absolute atomic E-state index is 0.485. The molecule has 3 heterocycles. The maximum atomic E-state index is 10.2. The Morgan fingerprint density at radius 3 is 2.67 bits per heavy atom. The number of aromatic nitrogens is 3. The van der Waals surface area contributed by atoms with Crippen molar-refractivity contribution in [2.75, 3.05) is 4.90 Å². The van der Waals surface area contributed by atoms with Crippen LogP contribution < -0.4 is 4.90 Å². The van der Waals surface area contributed by atoms with Crippen LogP contribution in [0.15, 0.2) is 37.3 Å². The Balaban J connectivity index is 2.06. The zero-order chi connectivity index (χ0) is 12.7. The molecule has 2 aromatic rings. The van der Waals surface area contributed by atoms with Gasteiger partial charge in [-0.1, -0.05) is 18.2 Å². The Kier molecular flexibility index (Phi) is 2.50. The molecule has 90 valence electrons. The molecule has 0 bridgehead atoms. The van der Waals surface area contributed by atoms with Gasteiger partial charge >= 0.3 is 0 Å². The average Bonchev–Trinajstić information content (AvgIpc) is 2.64. The van der Waals surface area contributed by atoms with Crippen molar-refractivity contribution in [2.45, 2.75) is 6.23 Å². The molecule has 2 aromatic heterocycles. The van der Waals surface area contributed by atoms with Gasteiger partial charge in [-0.15, -0.1) is 0 Å². The first-order valence-corrected chi connectivity index (χ1v) is 5.65. The van der Waals surface area contributed by atoms with E-state index in [9.17, 15) is 5.11 Å². The van der Waals surface area contributed by atoms with E-state index in [-0.39, 0.29) is 0 Å². The van der Waals surface area contributed by atoms with Gasteiger partial charge in [-0.05, 0) is 12.1 Å². The molecule has 1 aliphatic heterocycles. The molecule has 0 spiro atoms. The first-order chi connectivity index (χ1) is 8.68. The molecule has 3 rings (SSSR count). The molecule has 1 atom stereocenters. The monoisotopic (exact) mass is 260 g/mol. The number of hydrogen-bond donors (Lipinski definition) is 1. The first kappa shape index (κ1) is 11.1. The van der Waals surface area contributed by atoms with Gasteiger partial charge in [0.1, 0.15) is 17.2 Å². The van der Waals surface area contributed by atoms with E-state index in [1.807, 2.05) is 0 Å². The van der Waals surface area contributed by atoms with Crippen LogP contribution in [0.25, 0.3) is 5.70 Å². The van der Waals surface area contributed by atoms with Crippen molar-refractivity contribution < 1.29 is 5.11 Å². The van der Waals surface area contributed by atoms with E-state index in [1.165, 1.54) is 12.4 Å². The molecule has 1 unspecified atom stereocenters. The summed E-state index contributed by atoms with van der Waals surface area (Å²) in [4.78, 5) is 14.0. The lowest BCUT2D eigenvalue weighted by atomic mass is 10.3. The smallest absolute Gasteiger partial charge is 0.178 e. The summed E-state index contributed by atoms with van der Waals surface area (Å²) >= 11 is 5.79. The van der Waals surface area contributed by atoms with Crippen molar-refractivity contribution in [1.29, 1.82) is 0 Å². The number of pyridine rings is 1. The fraction of sp³-hybridized carbons (Fsp3) is 0.0833. The van der Waals surface area contributed by atoms with Crippen molar-refractivity contribution >= 4 is 23.1 Å². The predicted octanol–water partition coefficient (Wildman–Crippen LogP) is 2.01. The van der Waals surface area contributed by atoms with Crippen LogP contribution in [0.5, 0.6) is 0 Å². The van der Waals surface area contributed by atoms with E-state index >= 15 is 0 Å². The molecular formula is C12H9ClN4O. The summed E-state index contributed by atoms with van der Waals surface area (Å²) in [6.07, 6.45) is 3.69. The number of nitrogens with zero attached hydrogens (tertiary/aromatic N) is 4. The maximum absolute atomic E-state index is 10.2. The summed E-state index contributed by atoms with van der Waals surface area (Å²) in [7, 11) is 0. The molecule has 18 heavy (non-hydrogen) atoms. The van der Waals surface area contributed by atoms with Gasteiger partial charge in [-0.3, -0.25) is 14.9 Å². The minimum Gasteiger partial charge on any atom is -0.368 e. The fourth-order valence-electron chi connectivity index (χ4n) is 1.92. The van der Waals surface area contributed by atoms with Crippen LogP contribution in [-0.2, 0) is 0 Å². The Morgan fingerprint density at radius 1 is 1.22 bits per heavy atom. The Labute approximate surface area is 108 Å². The average molecular weight is 261 g/mol. The van der Waals surface area contributed by atoms with Gasteiger partial charge in [0.2, 0.25) is 0 Å². The molecule has 0 radical (unpaired) electrons. The lowest BCUT2D eigenvalue weighted by Gasteiger charge is -2.21. The van der Waals surface area contributed by atoms with Crippen LogP contribution in [0.2, 0.25) is 5.02 Å².